The molecule has 0 bridgehead atoms. The van der Waals surface area contributed by atoms with Crippen LogP contribution < -0.4 is 0 Å². The summed E-state index contributed by atoms with van der Waals surface area (Å²) in [7, 11) is 0. The second kappa shape index (κ2) is 5.60. The highest BCUT2D eigenvalue weighted by Crippen LogP contribution is 2.02. The van der Waals surface area contributed by atoms with Gasteiger partial charge in [0, 0.05) is 0 Å². The summed E-state index contributed by atoms with van der Waals surface area (Å²) in [6.07, 6.45) is 6.41. The van der Waals surface area contributed by atoms with E-state index in [-0.39, 0.29) is 0 Å². The van der Waals surface area contributed by atoms with Gasteiger partial charge in [0.15, 0.2) is 0 Å². The van der Waals surface area contributed by atoms with Crippen molar-refractivity contribution in [1.29, 1.82) is 0 Å². The predicted molar refractivity (Wildman–Crippen MR) is 64.9 cm³/mol. The topological polar surface area (TPSA) is 63.3 Å². The van der Waals surface area contributed by atoms with Gasteiger partial charge in [0.1, 0.15) is 5.69 Å². The van der Waals surface area contributed by atoms with Gasteiger partial charge in [-0.25, -0.2) is 4.68 Å². The number of oxime groups is 1. The van der Waals surface area contributed by atoms with Gasteiger partial charge < -0.3 is 5.21 Å². The average molecular weight is 228 g/mol. The minimum Gasteiger partial charge on any atom is -0.411 e. The molecule has 1 aromatic heterocycles. The molecule has 0 saturated heterocycles. The maximum atomic E-state index is 8.22. The molecule has 5 heteroatoms. The molecule has 1 heterocycles. The van der Waals surface area contributed by atoms with E-state index in [2.05, 4.69) is 15.5 Å². The maximum Gasteiger partial charge on any atom is 0.105 e. The molecule has 0 radical (unpaired) electrons. The summed E-state index contributed by atoms with van der Waals surface area (Å²) in [5, 5.41) is 19.0. The van der Waals surface area contributed by atoms with Crippen LogP contribution in [0.5, 0.6) is 0 Å². The molecule has 1 aromatic carbocycles. The van der Waals surface area contributed by atoms with Crippen LogP contribution in [0.15, 0.2) is 47.8 Å². The molecule has 0 amide bonds. The highest BCUT2D eigenvalue weighted by atomic mass is 16.4. The molecule has 2 rings (SSSR count). The standard InChI is InChI=1S/C12H12N4O/c17-13-8-4-7-12-10-16(15-14-12)9-11-5-2-1-3-6-11/h1-8,10,17H,9H2/b7-4+,13-8-. The van der Waals surface area contributed by atoms with E-state index in [0.29, 0.717) is 6.54 Å². The van der Waals surface area contributed by atoms with Crippen molar-refractivity contribution in [2.24, 2.45) is 5.16 Å². The lowest BCUT2D eigenvalue weighted by Gasteiger charge is -1.98. The first-order valence-corrected chi connectivity index (χ1v) is 5.16. The molecular formula is C12H12N4O. The SMILES string of the molecule is O/N=C\C=C\c1cn(Cc2ccccc2)nn1. The molecule has 2 aromatic rings. The van der Waals surface area contributed by atoms with E-state index < -0.39 is 0 Å². The van der Waals surface area contributed by atoms with Crippen molar-refractivity contribution < 1.29 is 5.21 Å². The van der Waals surface area contributed by atoms with E-state index in [1.807, 2.05) is 36.5 Å². The normalized spacial score (nSPS) is 11.5. The Labute approximate surface area is 98.7 Å². The van der Waals surface area contributed by atoms with E-state index >= 15 is 0 Å². The van der Waals surface area contributed by atoms with Crippen molar-refractivity contribution in [2.75, 3.05) is 0 Å². The molecule has 17 heavy (non-hydrogen) atoms. The monoisotopic (exact) mass is 228 g/mol. The minimum absolute atomic E-state index is 0.690. The third-order valence-electron chi connectivity index (χ3n) is 2.16. The Morgan fingerprint density at radius 3 is 2.88 bits per heavy atom. The number of benzene rings is 1. The summed E-state index contributed by atoms with van der Waals surface area (Å²) in [4.78, 5) is 0. The molecule has 1 N–H and O–H groups in total. The van der Waals surface area contributed by atoms with E-state index in [1.54, 1.807) is 16.8 Å². The number of aromatic nitrogens is 3. The summed E-state index contributed by atoms with van der Waals surface area (Å²) in [5.41, 5.74) is 1.89. The first kappa shape index (κ1) is 11.1. The van der Waals surface area contributed by atoms with Crippen molar-refractivity contribution in [2.45, 2.75) is 6.54 Å². The van der Waals surface area contributed by atoms with Crippen LogP contribution in [-0.2, 0) is 6.54 Å². The average Bonchev–Trinajstić information content (AvgIpc) is 2.79. The molecule has 0 fully saturated rings. The van der Waals surface area contributed by atoms with Crippen molar-refractivity contribution in [1.82, 2.24) is 15.0 Å². The molecule has 86 valence electrons. The second-order valence-corrected chi connectivity index (χ2v) is 3.45. The molecule has 5 nitrogen and oxygen atoms in total. The fourth-order valence-corrected chi connectivity index (χ4v) is 1.42. The highest BCUT2D eigenvalue weighted by molar-refractivity contribution is 5.76. The fourth-order valence-electron chi connectivity index (χ4n) is 1.42. The molecule has 0 atom stereocenters. The summed E-state index contributed by atoms with van der Waals surface area (Å²) < 4.78 is 1.76. The van der Waals surface area contributed by atoms with Crippen molar-refractivity contribution in [3.05, 3.63) is 53.9 Å². The van der Waals surface area contributed by atoms with E-state index in [9.17, 15) is 0 Å². The summed E-state index contributed by atoms with van der Waals surface area (Å²) in [6, 6.07) is 10.0. The van der Waals surface area contributed by atoms with Crippen molar-refractivity contribution >= 4 is 12.3 Å². The van der Waals surface area contributed by atoms with Crippen LogP contribution in [0.3, 0.4) is 0 Å². The van der Waals surface area contributed by atoms with Crippen LogP contribution in [-0.4, -0.2) is 26.4 Å². The van der Waals surface area contributed by atoms with Crippen LogP contribution in [0.4, 0.5) is 0 Å². The Morgan fingerprint density at radius 1 is 1.29 bits per heavy atom. The number of allylic oxidation sites excluding steroid dienone is 1. The van der Waals surface area contributed by atoms with Gasteiger partial charge in [-0.2, -0.15) is 0 Å². The molecule has 0 unspecified atom stereocenters. The summed E-state index contributed by atoms with van der Waals surface area (Å²) >= 11 is 0. The molecule has 0 aliphatic rings. The van der Waals surface area contributed by atoms with Crippen LogP contribution >= 0.6 is 0 Å². The smallest absolute Gasteiger partial charge is 0.105 e. The van der Waals surface area contributed by atoms with Crippen LogP contribution in [0.2, 0.25) is 0 Å². The molecule has 0 aliphatic carbocycles. The molecule has 0 saturated carbocycles. The molecule has 0 spiro atoms. The highest BCUT2D eigenvalue weighted by Gasteiger charge is 1.97. The van der Waals surface area contributed by atoms with Gasteiger partial charge in [0.05, 0.1) is 19.0 Å². The Kier molecular flexibility index (Phi) is 3.64. The van der Waals surface area contributed by atoms with Gasteiger partial charge in [0.2, 0.25) is 0 Å². The van der Waals surface area contributed by atoms with Gasteiger partial charge in [0.25, 0.3) is 0 Å². The minimum atomic E-state index is 0.690. The first-order valence-electron chi connectivity index (χ1n) is 5.16. The van der Waals surface area contributed by atoms with E-state index in [0.717, 1.165) is 5.69 Å². The quantitative estimate of drug-likeness (QED) is 0.493. The summed E-state index contributed by atoms with van der Waals surface area (Å²) in [5.74, 6) is 0. The summed E-state index contributed by atoms with van der Waals surface area (Å²) in [6.45, 7) is 0.690. The fraction of sp³-hybridized carbons (Fsp3) is 0.0833. The van der Waals surface area contributed by atoms with Gasteiger partial charge in [-0.05, 0) is 17.7 Å². The largest absolute Gasteiger partial charge is 0.411 e. The number of hydrogen-bond donors (Lipinski definition) is 1. The van der Waals surface area contributed by atoms with Crippen molar-refractivity contribution in [3.8, 4) is 0 Å². The maximum absolute atomic E-state index is 8.22. The zero-order valence-electron chi connectivity index (χ0n) is 9.14. The lowest BCUT2D eigenvalue weighted by molar-refractivity contribution is 0.322. The van der Waals surface area contributed by atoms with Gasteiger partial charge in [-0.1, -0.05) is 40.7 Å². The number of rotatable bonds is 4. The second-order valence-electron chi connectivity index (χ2n) is 3.45. The third-order valence-corrected chi connectivity index (χ3v) is 2.16. The Balaban J connectivity index is 2.04. The Bertz CT molecular complexity index is 516. The van der Waals surface area contributed by atoms with E-state index in [1.165, 1.54) is 11.8 Å². The zero-order chi connectivity index (χ0) is 11.9. The number of nitrogens with zero attached hydrogens (tertiary/aromatic N) is 4. The van der Waals surface area contributed by atoms with Gasteiger partial charge in [-0.15, -0.1) is 5.10 Å². The number of hydrogen-bond acceptors (Lipinski definition) is 4. The van der Waals surface area contributed by atoms with E-state index in [4.69, 9.17) is 5.21 Å². The van der Waals surface area contributed by atoms with Gasteiger partial charge >= 0.3 is 0 Å². The Hall–Kier alpha value is -2.43. The van der Waals surface area contributed by atoms with Crippen LogP contribution in [0, 0.1) is 0 Å². The van der Waals surface area contributed by atoms with Gasteiger partial charge in [-0.3, -0.25) is 0 Å². The van der Waals surface area contributed by atoms with Crippen LogP contribution in [0.25, 0.3) is 6.08 Å². The van der Waals surface area contributed by atoms with Crippen molar-refractivity contribution in [3.63, 3.8) is 0 Å². The third kappa shape index (κ3) is 3.27. The first-order chi connectivity index (χ1) is 8.38. The lowest BCUT2D eigenvalue weighted by atomic mass is 10.2. The molecule has 0 aliphatic heterocycles. The molecular weight excluding hydrogens is 216 g/mol. The van der Waals surface area contributed by atoms with Crippen LogP contribution in [0.1, 0.15) is 11.3 Å². The Morgan fingerprint density at radius 2 is 2.12 bits per heavy atom. The lowest BCUT2D eigenvalue weighted by Crippen LogP contribution is -1.99. The zero-order valence-corrected chi connectivity index (χ0v) is 9.14. The predicted octanol–water partition coefficient (Wildman–Crippen LogP) is 1.80.